The minimum atomic E-state index is 0.0596. The Hall–Kier alpha value is -2.91. The number of likely N-dealkylation sites (tertiary alicyclic amines) is 1. The van der Waals surface area contributed by atoms with Gasteiger partial charge in [0, 0.05) is 57.0 Å². The molecule has 0 bridgehead atoms. The second-order valence-electron chi connectivity index (χ2n) is 8.57. The van der Waals surface area contributed by atoms with Crippen LogP contribution < -0.4 is 11.1 Å². The number of nitrogens with zero attached hydrogens (tertiary/aromatic N) is 3. The van der Waals surface area contributed by atoms with Crippen LogP contribution in [0.15, 0.2) is 30.5 Å². The van der Waals surface area contributed by atoms with Crippen molar-refractivity contribution in [1.29, 1.82) is 10.8 Å². The van der Waals surface area contributed by atoms with E-state index in [4.69, 9.17) is 31.0 Å². The molecule has 1 aromatic heterocycles. The van der Waals surface area contributed by atoms with Crippen molar-refractivity contribution < 1.29 is 9.47 Å². The minimum Gasteiger partial charge on any atom is -0.475 e. The van der Waals surface area contributed by atoms with Crippen LogP contribution in [0.4, 0.5) is 0 Å². The zero-order valence-corrected chi connectivity index (χ0v) is 18.6. The summed E-state index contributed by atoms with van der Waals surface area (Å²) in [6.45, 7) is 5.08. The van der Waals surface area contributed by atoms with Gasteiger partial charge in [0.05, 0.1) is 24.2 Å². The Balaban J connectivity index is 1.46. The molecule has 0 radical (unpaired) electrons. The number of imidazole rings is 1. The van der Waals surface area contributed by atoms with Crippen LogP contribution in [-0.4, -0.2) is 65.6 Å². The largest absolute Gasteiger partial charge is 0.475 e. The fourth-order valence-electron chi connectivity index (χ4n) is 4.42. The third-order valence-electron chi connectivity index (χ3n) is 6.20. The van der Waals surface area contributed by atoms with Crippen molar-refractivity contribution in [2.24, 2.45) is 11.7 Å². The molecule has 0 unspecified atom stereocenters. The SMILES string of the molecule is CN/C=C\C(=N)OC1CCN(Cc2nc3cc(C(=N)N)ccc3n2C[C@H]2CCOC2)CC1. The summed E-state index contributed by atoms with van der Waals surface area (Å²) in [5, 5.41) is 18.5. The molecule has 5 N–H and O–H groups in total. The Morgan fingerprint density at radius 2 is 2.12 bits per heavy atom. The molecule has 2 aliphatic heterocycles. The summed E-state index contributed by atoms with van der Waals surface area (Å²) in [5.41, 5.74) is 8.36. The molecule has 172 valence electrons. The molecule has 2 fully saturated rings. The Bertz CT molecular complexity index is 986. The van der Waals surface area contributed by atoms with E-state index in [1.54, 1.807) is 19.3 Å². The molecule has 32 heavy (non-hydrogen) atoms. The van der Waals surface area contributed by atoms with Gasteiger partial charge in [-0.25, -0.2) is 4.98 Å². The zero-order chi connectivity index (χ0) is 22.5. The lowest BCUT2D eigenvalue weighted by Crippen LogP contribution is -2.38. The summed E-state index contributed by atoms with van der Waals surface area (Å²) in [5.74, 6) is 1.79. The van der Waals surface area contributed by atoms with Crippen molar-refractivity contribution in [3.8, 4) is 0 Å². The van der Waals surface area contributed by atoms with Gasteiger partial charge in [-0.3, -0.25) is 15.7 Å². The molecular formula is C23H33N7O2. The van der Waals surface area contributed by atoms with Gasteiger partial charge in [-0.2, -0.15) is 0 Å². The predicted molar refractivity (Wildman–Crippen MR) is 125 cm³/mol. The van der Waals surface area contributed by atoms with Crippen LogP contribution in [0.3, 0.4) is 0 Å². The lowest BCUT2D eigenvalue weighted by molar-refractivity contribution is 0.0867. The van der Waals surface area contributed by atoms with Gasteiger partial charge in [0.1, 0.15) is 17.8 Å². The molecule has 0 spiro atoms. The second kappa shape index (κ2) is 10.1. The van der Waals surface area contributed by atoms with Gasteiger partial charge in [-0.1, -0.05) is 0 Å². The highest BCUT2D eigenvalue weighted by atomic mass is 16.5. The summed E-state index contributed by atoms with van der Waals surface area (Å²) >= 11 is 0. The van der Waals surface area contributed by atoms with E-state index in [0.29, 0.717) is 11.5 Å². The number of nitrogens with two attached hydrogens (primary N) is 1. The highest BCUT2D eigenvalue weighted by Crippen LogP contribution is 2.24. The Labute approximate surface area is 188 Å². The quantitative estimate of drug-likeness (QED) is 0.368. The van der Waals surface area contributed by atoms with E-state index in [1.165, 1.54) is 0 Å². The lowest BCUT2D eigenvalue weighted by atomic mass is 10.1. The van der Waals surface area contributed by atoms with E-state index in [9.17, 15) is 0 Å². The summed E-state index contributed by atoms with van der Waals surface area (Å²) in [6, 6.07) is 5.84. The Kier molecular flexibility index (Phi) is 7.06. The van der Waals surface area contributed by atoms with Crippen LogP contribution in [0.1, 0.15) is 30.7 Å². The number of amidine groups is 1. The van der Waals surface area contributed by atoms with Gasteiger partial charge < -0.3 is 25.1 Å². The maximum Gasteiger partial charge on any atom is 0.207 e. The van der Waals surface area contributed by atoms with Crippen LogP contribution in [-0.2, 0) is 22.6 Å². The number of hydrogen-bond donors (Lipinski definition) is 4. The Morgan fingerprint density at radius 1 is 1.31 bits per heavy atom. The van der Waals surface area contributed by atoms with E-state index in [0.717, 1.165) is 75.5 Å². The van der Waals surface area contributed by atoms with Crippen LogP contribution in [0.25, 0.3) is 11.0 Å². The number of ether oxygens (including phenoxy) is 2. The smallest absolute Gasteiger partial charge is 0.207 e. The number of piperidine rings is 1. The first-order chi connectivity index (χ1) is 15.5. The number of fused-ring (bicyclic) bond motifs is 1. The number of nitrogen functional groups attached to an aromatic ring is 1. The van der Waals surface area contributed by atoms with E-state index >= 15 is 0 Å². The maximum atomic E-state index is 7.89. The van der Waals surface area contributed by atoms with Gasteiger partial charge in [0.25, 0.3) is 0 Å². The van der Waals surface area contributed by atoms with Crippen molar-refractivity contribution in [2.75, 3.05) is 33.4 Å². The molecule has 2 aliphatic rings. The van der Waals surface area contributed by atoms with Crippen molar-refractivity contribution in [3.63, 3.8) is 0 Å². The molecule has 1 aromatic carbocycles. The third kappa shape index (κ3) is 5.28. The molecule has 4 rings (SSSR count). The number of aromatic nitrogens is 2. The highest BCUT2D eigenvalue weighted by molar-refractivity contribution is 5.98. The summed E-state index contributed by atoms with van der Waals surface area (Å²) < 4.78 is 13.7. The molecule has 9 nitrogen and oxygen atoms in total. The van der Waals surface area contributed by atoms with Gasteiger partial charge in [-0.05, 0) is 37.5 Å². The maximum absolute atomic E-state index is 7.89. The number of hydrogen-bond acceptors (Lipinski definition) is 7. The summed E-state index contributed by atoms with van der Waals surface area (Å²) in [6.07, 6.45) is 6.27. The van der Waals surface area contributed by atoms with Crippen molar-refractivity contribution in [1.82, 2.24) is 19.8 Å². The average Bonchev–Trinajstić information content (AvgIpc) is 3.41. The lowest BCUT2D eigenvalue weighted by Gasteiger charge is -2.31. The first-order valence-corrected chi connectivity index (χ1v) is 11.3. The minimum absolute atomic E-state index is 0.0596. The first kappa shape index (κ1) is 22.3. The monoisotopic (exact) mass is 439 g/mol. The normalized spacial score (nSPS) is 20.2. The van der Waals surface area contributed by atoms with E-state index in [1.807, 2.05) is 18.2 Å². The van der Waals surface area contributed by atoms with Crippen molar-refractivity contribution >= 4 is 22.8 Å². The molecule has 2 aromatic rings. The number of nitrogens with one attached hydrogen (secondary N) is 3. The number of benzene rings is 1. The van der Waals surface area contributed by atoms with E-state index in [-0.39, 0.29) is 17.8 Å². The summed E-state index contributed by atoms with van der Waals surface area (Å²) in [7, 11) is 1.80. The predicted octanol–water partition coefficient (Wildman–Crippen LogP) is 2.05. The molecule has 0 aliphatic carbocycles. The summed E-state index contributed by atoms with van der Waals surface area (Å²) in [4.78, 5) is 7.34. The molecule has 1 atom stereocenters. The van der Waals surface area contributed by atoms with Crippen molar-refractivity contribution in [3.05, 3.63) is 41.9 Å². The fourth-order valence-corrected chi connectivity index (χ4v) is 4.42. The van der Waals surface area contributed by atoms with E-state index < -0.39 is 0 Å². The zero-order valence-electron chi connectivity index (χ0n) is 18.6. The second-order valence-corrected chi connectivity index (χ2v) is 8.57. The van der Waals surface area contributed by atoms with Crippen LogP contribution in [0, 0.1) is 16.7 Å². The standard InChI is InChI=1S/C23H33N7O2/c1-27-8-4-21(24)32-18-5-9-29(10-6-18)14-22-28-19-12-17(23(25)26)2-3-20(19)30(22)13-16-7-11-31-15-16/h2-4,8,12,16,18,24,27H,5-7,9-11,13-15H2,1H3,(H3,25,26)/b8-4-,24-21?/t16-/m1/s1. The number of rotatable bonds is 8. The third-order valence-corrected chi connectivity index (χ3v) is 6.20. The molecule has 9 heteroatoms. The van der Waals surface area contributed by atoms with Crippen LogP contribution >= 0.6 is 0 Å². The van der Waals surface area contributed by atoms with Crippen LogP contribution in [0.2, 0.25) is 0 Å². The fraction of sp³-hybridized carbons (Fsp3) is 0.522. The van der Waals surface area contributed by atoms with Crippen molar-refractivity contribution in [2.45, 2.75) is 38.5 Å². The molecule has 0 saturated carbocycles. The Morgan fingerprint density at radius 3 is 2.81 bits per heavy atom. The average molecular weight is 440 g/mol. The van der Waals surface area contributed by atoms with Gasteiger partial charge in [0.2, 0.25) is 5.90 Å². The molecular weight excluding hydrogens is 406 g/mol. The topological polar surface area (TPSA) is 125 Å². The molecule has 0 amide bonds. The van der Waals surface area contributed by atoms with Gasteiger partial charge >= 0.3 is 0 Å². The van der Waals surface area contributed by atoms with Crippen LogP contribution in [0.5, 0.6) is 0 Å². The first-order valence-electron chi connectivity index (χ1n) is 11.3. The van der Waals surface area contributed by atoms with Gasteiger partial charge in [-0.15, -0.1) is 0 Å². The highest BCUT2D eigenvalue weighted by Gasteiger charge is 2.24. The molecule has 2 saturated heterocycles. The molecule has 3 heterocycles. The van der Waals surface area contributed by atoms with E-state index in [2.05, 4.69) is 14.8 Å². The van der Waals surface area contributed by atoms with Gasteiger partial charge in [0.15, 0.2) is 0 Å².